The zero-order valence-electron chi connectivity index (χ0n) is 9.61. The zero-order valence-corrected chi connectivity index (χ0v) is 9.61. The summed E-state index contributed by atoms with van der Waals surface area (Å²) in [6.45, 7) is 1.85. The lowest BCUT2D eigenvalue weighted by Crippen LogP contribution is -2.33. The molecule has 90 valence electrons. The SMILES string of the molecule is CCOC(=O)C(C=O)C(=O)C1CCCCC1. The highest BCUT2D eigenvalue weighted by Crippen LogP contribution is 2.26. The summed E-state index contributed by atoms with van der Waals surface area (Å²) in [7, 11) is 0. The maximum atomic E-state index is 11.9. The Hall–Kier alpha value is -1.19. The van der Waals surface area contributed by atoms with Gasteiger partial charge in [-0.25, -0.2) is 0 Å². The number of hydrogen-bond acceptors (Lipinski definition) is 4. The first-order valence-electron chi connectivity index (χ1n) is 5.86. The second-order valence-corrected chi connectivity index (χ2v) is 4.10. The zero-order chi connectivity index (χ0) is 12.0. The molecule has 4 heteroatoms. The molecular formula is C12H18O4. The third kappa shape index (κ3) is 3.15. The van der Waals surface area contributed by atoms with Crippen molar-refractivity contribution in [2.45, 2.75) is 39.0 Å². The third-order valence-corrected chi connectivity index (χ3v) is 2.99. The molecule has 0 spiro atoms. The molecule has 1 unspecified atom stereocenters. The van der Waals surface area contributed by atoms with Crippen LogP contribution in [0.3, 0.4) is 0 Å². The van der Waals surface area contributed by atoms with Crippen molar-refractivity contribution in [2.75, 3.05) is 6.61 Å². The summed E-state index contributed by atoms with van der Waals surface area (Å²) in [4.78, 5) is 34.1. The van der Waals surface area contributed by atoms with Crippen molar-refractivity contribution in [2.24, 2.45) is 11.8 Å². The van der Waals surface area contributed by atoms with Crippen molar-refractivity contribution in [3.8, 4) is 0 Å². The molecule has 0 saturated heterocycles. The van der Waals surface area contributed by atoms with Gasteiger partial charge in [0.25, 0.3) is 0 Å². The predicted molar refractivity (Wildman–Crippen MR) is 57.8 cm³/mol. The molecule has 16 heavy (non-hydrogen) atoms. The Labute approximate surface area is 95.3 Å². The van der Waals surface area contributed by atoms with Crippen molar-refractivity contribution in [1.29, 1.82) is 0 Å². The smallest absolute Gasteiger partial charge is 0.323 e. The summed E-state index contributed by atoms with van der Waals surface area (Å²) in [5.41, 5.74) is 0. The second kappa shape index (κ2) is 6.40. The van der Waals surface area contributed by atoms with Crippen LogP contribution in [-0.2, 0) is 19.1 Å². The number of hydrogen-bond donors (Lipinski definition) is 0. The number of Topliss-reactive ketones (excluding diaryl/α,β-unsaturated/α-hetero) is 1. The maximum absolute atomic E-state index is 11.9. The van der Waals surface area contributed by atoms with Crippen LogP contribution < -0.4 is 0 Å². The summed E-state index contributed by atoms with van der Waals surface area (Å²) < 4.78 is 4.72. The Morgan fingerprint density at radius 3 is 2.44 bits per heavy atom. The third-order valence-electron chi connectivity index (χ3n) is 2.99. The number of rotatable bonds is 5. The number of carbonyl (C=O) groups excluding carboxylic acids is 3. The average molecular weight is 226 g/mol. The van der Waals surface area contributed by atoms with E-state index in [-0.39, 0.29) is 18.3 Å². The fraction of sp³-hybridized carbons (Fsp3) is 0.750. The summed E-state index contributed by atoms with van der Waals surface area (Å²) in [6.07, 6.45) is 5.14. The van der Waals surface area contributed by atoms with Crippen LogP contribution in [-0.4, -0.2) is 24.6 Å². The first kappa shape index (κ1) is 12.9. The summed E-state index contributed by atoms with van der Waals surface area (Å²) in [5.74, 6) is -2.29. The van der Waals surface area contributed by atoms with Gasteiger partial charge in [-0.3, -0.25) is 9.59 Å². The molecule has 1 atom stereocenters. The highest BCUT2D eigenvalue weighted by Gasteiger charge is 2.33. The van der Waals surface area contributed by atoms with Gasteiger partial charge in [0.15, 0.2) is 11.7 Å². The minimum absolute atomic E-state index is 0.131. The van der Waals surface area contributed by atoms with Crippen LogP contribution >= 0.6 is 0 Å². The first-order chi connectivity index (χ1) is 7.70. The van der Waals surface area contributed by atoms with Gasteiger partial charge in [0, 0.05) is 5.92 Å². The highest BCUT2D eigenvalue weighted by atomic mass is 16.5. The van der Waals surface area contributed by atoms with Crippen molar-refractivity contribution in [3.63, 3.8) is 0 Å². The van der Waals surface area contributed by atoms with E-state index >= 15 is 0 Å². The molecule has 1 aliphatic rings. The normalized spacial score (nSPS) is 18.8. The largest absolute Gasteiger partial charge is 0.465 e. The molecule has 0 aliphatic heterocycles. The van der Waals surface area contributed by atoms with Crippen LogP contribution in [0.25, 0.3) is 0 Å². The molecule has 0 bridgehead atoms. The number of esters is 1. The van der Waals surface area contributed by atoms with E-state index in [1.54, 1.807) is 6.92 Å². The topological polar surface area (TPSA) is 60.4 Å². The standard InChI is InChI=1S/C12H18O4/c1-2-16-12(15)10(8-13)11(14)9-6-4-3-5-7-9/h8-10H,2-7H2,1H3. The van der Waals surface area contributed by atoms with Crippen molar-refractivity contribution < 1.29 is 19.1 Å². The monoisotopic (exact) mass is 226 g/mol. The predicted octanol–water partition coefficient (Wildman–Crippen LogP) is 1.51. The molecule has 0 aromatic rings. The molecule has 0 aromatic heterocycles. The fourth-order valence-electron chi connectivity index (χ4n) is 2.11. The van der Waals surface area contributed by atoms with Crippen molar-refractivity contribution in [1.82, 2.24) is 0 Å². The summed E-state index contributed by atoms with van der Waals surface area (Å²) in [5, 5.41) is 0. The summed E-state index contributed by atoms with van der Waals surface area (Å²) in [6, 6.07) is 0. The van der Waals surface area contributed by atoms with Gasteiger partial charge in [-0.2, -0.15) is 0 Å². The Balaban J connectivity index is 2.60. The fourth-order valence-corrected chi connectivity index (χ4v) is 2.11. The molecule has 1 rings (SSSR count). The Bertz CT molecular complexity index is 266. The van der Waals surface area contributed by atoms with E-state index in [2.05, 4.69) is 0 Å². The van der Waals surface area contributed by atoms with E-state index < -0.39 is 11.9 Å². The molecule has 1 aliphatic carbocycles. The first-order valence-corrected chi connectivity index (χ1v) is 5.86. The molecule has 0 radical (unpaired) electrons. The van der Waals surface area contributed by atoms with Gasteiger partial charge in [-0.05, 0) is 19.8 Å². The summed E-state index contributed by atoms with van der Waals surface area (Å²) >= 11 is 0. The van der Waals surface area contributed by atoms with Crippen molar-refractivity contribution >= 4 is 18.0 Å². The van der Waals surface area contributed by atoms with Crippen LogP contribution in [0.1, 0.15) is 39.0 Å². The molecule has 1 saturated carbocycles. The van der Waals surface area contributed by atoms with Crippen LogP contribution in [0.4, 0.5) is 0 Å². The molecule has 1 fully saturated rings. The number of aldehydes is 1. The minimum atomic E-state index is -1.21. The van der Waals surface area contributed by atoms with Crippen LogP contribution in [0.15, 0.2) is 0 Å². The van der Waals surface area contributed by atoms with Crippen LogP contribution in [0, 0.1) is 11.8 Å². The molecule has 0 aromatic carbocycles. The molecule has 4 nitrogen and oxygen atoms in total. The van der Waals surface area contributed by atoms with Gasteiger partial charge < -0.3 is 9.53 Å². The van der Waals surface area contributed by atoms with Gasteiger partial charge in [0.2, 0.25) is 0 Å². The lowest BCUT2D eigenvalue weighted by atomic mass is 9.82. The van der Waals surface area contributed by atoms with E-state index in [0.717, 1.165) is 32.1 Å². The minimum Gasteiger partial charge on any atom is -0.465 e. The van der Waals surface area contributed by atoms with Gasteiger partial charge in [0.1, 0.15) is 6.29 Å². The quantitative estimate of drug-likeness (QED) is 0.405. The second-order valence-electron chi connectivity index (χ2n) is 4.10. The average Bonchev–Trinajstić information content (AvgIpc) is 2.31. The lowest BCUT2D eigenvalue weighted by Gasteiger charge is -2.22. The number of carbonyl (C=O) groups is 3. The van der Waals surface area contributed by atoms with E-state index in [9.17, 15) is 14.4 Å². The van der Waals surface area contributed by atoms with Crippen LogP contribution in [0.2, 0.25) is 0 Å². The van der Waals surface area contributed by atoms with Gasteiger partial charge in [-0.1, -0.05) is 19.3 Å². The molecular weight excluding hydrogens is 208 g/mol. The Kier molecular flexibility index (Phi) is 5.15. The Morgan fingerprint density at radius 1 is 1.31 bits per heavy atom. The van der Waals surface area contributed by atoms with E-state index in [1.807, 2.05) is 0 Å². The Morgan fingerprint density at radius 2 is 1.94 bits per heavy atom. The molecule has 0 heterocycles. The van der Waals surface area contributed by atoms with Gasteiger partial charge >= 0.3 is 5.97 Å². The molecule has 0 N–H and O–H groups in total. The van der Waals surface area contributed by atoms with E-state index in [1.165, 1.54) is 0 Å². The van der Waals surface area contributed by atoms with E-state index in [0.29, 0.717) is 6.29 Å². The number of ketones is 1. The van der Waals surface area contributed by atoms with Crippen molar-refractivity contribution in [3.05, 3.63) is 0 Å². The van der Waals surface area contributed by atoms with Gasteiger partial charge in [0.05, 0.1) is 6.61 Å². The van der Waals surface area contributed by atoms with Gasteiger partial charge in [-0.15, -0.1) is 0 Å². The number of ether oxygens (including phenoxy) is 1. The maximum Gasteiger partial charge on any atom is 0.323 e. The van der Waals surface area contributed by atoms with Crippen LogP contribution in [0.5, 0.6) is 0 Å². The molecule has 0 amide bonds. The van der Waals surface area contributed by atoms with E-state index in [4.69, 9.17) is 4.74 Å². The highest BCUT2D eigenvalue weighted by molar-refractivity contribution is 6.11. The lowest BCUT2D eigenvalue weighted by molar-refractivity contribution is -0.153.